The Morgan fingerprint density at radius 3 is 2.55 bits per heavy atom. The van der Waals surface area contributed by atoms with Crippen molar-refractivity contribution in [1.29, 1.82) is 0 Å². The molecule has 0 bridgehead atoms. The van der Waals surface area contributed by atoms with E-state index in [1.807, 2.05) is 0 Å². The molecule has 4 heterocycles. The van der Waals surface area contributed by atoms with Gasteiger partial charge in [0.05, 0.1) is 5.54 Å². The number of carbonyl (C=O) groups excluding carboxylic acids is 1. The number of carbonyl (C=O) groups is 1. The predicted molar refractivity (Wildman–Crippen MR) is 177 cm³/mol. The monoisotopic (exact) mass is 638 g/mol. The second-order valence-electron chi connectivity index (χ2n) is 12.3. The Balaban J connectivity index is 1.16. The number of rotatable bonds is 7. The number of amides is 1. The number of ether oxygens (including phenoxy) is 1. The van der Waals surface area contributed by atoms with Crippen molar-refractivity contribution in [1.82, 2.24) is 19.4 Å². The molecule has 242 valence electrons. The molecule has 11 heteroatoms. The Hall–Kier alpha value is -5.05. The number of nitrogen functional groups attached to an aromatic ring is 1. The zero-order valence-electron chi connectivity index (χ0n) is 26.3. The average molecular weight is 639 g/mol. The molecule has 6 rings (SSSR count). The van der Waals surface area contributed by atoms with Crippen LogP contribution in [-0.4, -0.2) is 63.0 Å². The first-order valence-corrected chi connectivity index (χ1v) is 15.6. The van der Waals surface area contributed by atoms with Crippen molar-refractivity contribution in [2.75, 3.05) is 37.2 Å². The van der Waals surface area contributed by atoms with Gasteiger partial charge in [0, 0.05) is 55.0 Å². The second kappa shape index (κ2) is 13.4. The number of pyridine rings is 2. The van der Waals surface area contributed by atoms with E-state index >= 15 is 4.39 Å². The predicted octanol–water partition coefficient (Wildman–Crippen LogP) is 5.44. The summed E-state index contributed by atoms with van der Waals surface area (Å²) in [5.74, 6) is 4.88. The summed E-state index contributed by atoms with van der Waals surface area (Å²) < 4.78 is 35.8. The van der Waals surface area contributed by atoms with Crippen LogP contribution in [0.15, 0.2) is 77.9 Å². The summed E-state index contributed by atoms with van der Waals surface area (Å²) in [6, 6.07) is 14.2. The summed E-state index contributed by atoms with van der Waals surface area (Å²) in [6.07, 6.45) is 6.57. The molecule has 2 aromatic carbocycles. The molecular weight excluding hydrogens is 602 g/mol. The van der Waals surface area contributed by atoms with Gasteiger partial charge in [-0.3, -0.25) is 24.0 Å². The van der Waals surface area contributed by atoms with Crippen LogP contribution in [0.4, 0.5) is 20.3 Å². The number of aromatic nitrogens is 2. The number of halogens is 2. The number of hydrogen-bond donors (Lipinski definition) is 2. The highest BCUT2D eigenvalue weighted by atomic mass is 19.1. The van der Waals surface area contributed by atoms with Gasteiger partial charge in [0.2, 0.25) is 0 Å². The molecule has 1 atom stereocenters. The number of nitrogens with two attached hydrogens (primary N) is 1. The normalized spacial score (nSPS) is 16.9. The third kappa shape index (κ3) is 7.04. The number of nitrogens with zero attached hydrogens (tertiary/aromatic N) is 4. The lowest BCUT2D eigenvalue weighted by molar-refractivity contribution is 0.102. The van der Waals surface area contributed by atoms with Crippen LogP contribution < -0.4 is 21.3 Å². The lowest BCUT2D eigenvalue weighted by Crippen LogP contribution is -2.43. The van der Waals surface area contributed by atoms with Gasteiger partial charge in [-0.15, -0.1) is 0 Å². The van der Waals surface area contributed by atoms with Crippen LogP contribution in [0.3, 0.4) is 0 Å². The molecule has 3 N–H and O–H groups in total. The van der Waals surface area contributed by atoms with E-state index in [4.69, 9.17) is 10.5 Å². The van der Waals surface area contributed by atoms with Crippen LogP contribution in [0.2, 0.25) is 0 Å². The van der Waals surface area contributed by atoms with Crippen molar-refractivity contribution in [2.24, 2.45) is 0 Å². The van der Waals surface area contributed by atoms with Crippen molar-refractivity contribution >= 4 is 17.4 Å². The number of benzene rings is 2. The average Bonchev–Trinajstić information content (AvgIpc) is 3.76. The minimum absolute atomic E-state index is 0.109. The Bertz CT molecular complexity index is 1910. The zero-order chi connectivity index (χ0) is 33.1. The number of anilines is 2. The summed E-state index contributed by atoms with van der Waals surface area (Å²) in [6.45, 7) is 8.40. The van der Waals surface area contributed by atoms with Gasteiger partial charge in [-0.2, -0.15) is 0 Å². The SMILES string of the molecule is CC(C)(C#Cc1c(Oc2ccc(NC(=O)c3cccn(-c4ccc(F)cc4)c3=O)cc2F)ccnc1N)N1CC[C@H](N2CCCC2)C1. The molecule has 2 aromatic heterocycles. The highest BCUT2D eigenvalue weighted by Crippen LogP contribution is 2.31. The first-order valence-electron chi connectivity index (χ1n) is 15.6. The molecule has 1 amide bonds. The Morgan fingerprint density at radius 1 is 1.04 bits per heavy atom. The fourth-order valence-electron chi connectivity index (χ4n) is 6.07. The largest absolute Gasteiger partial charge is 0.453 e. The van der Waals surface area contributed by atoms with Crippen LogP contribution in [0.25, 0.3) is 5.69 Å². The second-order valence-corrected chi connectivity index (χ2v) is 12.3. The minimum atomic E-state index is -0.751. The Kier molecular flexibility index (Phi) is 9.07. The van der Waals surface area contributed by atoms with E-state index in [1.54, 1.807) is 6.07 Å². The lowest BCUT2D eigenvalue weighted by Gasteiger charge is -2.32. The van der Waals surface area contributed by atoms with Gasteiger partial charge < -0.3 is 15.8 Å². The fraction of sp³-hybridized carbons (Fsp3) is 0.306. The highest BCUT2D eigenvalue weighted by Gasteiger charge is 2.35. The van der Waals surface area contributed by atoms with Gasteiger partial charge in [-0.25, -0.2) is 13.8 Å². The van der Waals surface area contributed by atoms with Crippen LogP contribution in [0, 0.1) is 23.5 Å². The van der Waals surface area contributed by atoms with E-state index in [0.717, 1.165) is 38.7 Å². The van der Waals surface area contributed by atoms with Crippen molar-refractivity contribution in [3.63, 3.8) is 0 Å². The maximum absolute atomic E-state index is 15.3. The molecule has 2 fully saturated rings. The summed E-state index contributed by atoms with van der Waals surface area (Å²) in [4.78, 5) is 35.1. The molecule has 4 aromatic rings. The van der Waals surface area contributed by atoms with E-state index in [2.05, 4.69) is 45.8 Å². The van der Waals surface area contributed by atoms with Crippen LogP contribution in [-0.2, 0) is 0 Å². The molecule has 47 heavy (non-hydrogen) atoms. The van der Waals surface area contributed by atoms with Crippen molar-refractivity contribution in [2.45, 2.75) is 44.7 Å². The summed E-state index contributed by atoms with van der Waals surface area (Å²) >= 11 is 0. The van der Waals surface area contributed by atoms with E-state index in [1.165, 1.54) is 78.3 Å². The van der Waals surface area contributed by atoms with E-state index in [-0.39, 0.29) is 28.6 Å². The highest BCUT2D eigenvalue weighted by molar-refractivity contribution is 6.04. The Labute approximate surface area is 272 Å². The summed E-state index contributed by atoms with van der Waals surface area (Å²) in [5, 5.41) is 2.56. The van der Waals surface area contributed by atoms with E-state index < -0.39 is 28.6 Å². The van der Waals surface area contributed by atoms with Gasteiger partial charge in [0.1, 0.15) is 28.5 Å². The molecule has 0 unspecified atom stereocenters. The first-order chi connectivity index (χ1) is 22.6. The maximum atomic E-state index is 15.3. The molecule has 0 spiro atoms. The molecule has 2 aliphatic heterocycles. The van der Waals surface area contributed by atoms with Crippen LogP contribution in [0.1, 0.15) is 49.0 Å². The molecule has 0 saturated carbocycles. The van der Waals surface area contributed by atoms with Crippen molar-refractivity contribution < 1.29 is 18.3 Å². The molecule has 9 nitrogen and oxygen atoms in total. The summed E-state index contributed by atoms with van der Waals surface area (Å²) in [7, 11) is 0. The van der Waals surface area contributed by atoms with Crippen LogP contribution >= 0.6 is 0 Å². The maximum Gasteiger partial charge on any atom is 0.267 e. The van der Waals surface area contributed by atoms with Gasteiger partial charge in [0.25, 0.3) is 11.5 Å². The lowest BCUT2D eigenvalue weighted by atomic mass is 10.0. The molecule has 0 radical (unpaired) electrons. The molecule has 0 aliphatic carbocycles. The van der Waals surface area contributed by atoms with Crippen molar-refractivity contribution in [3.8, 4) is 29.0 Å². The number of nitrogens with one attached hydrogen (secondary N) is 1. The van der Waals surface area contributed by atoms with E-state index in [9.17, 15) is 14.0 Å². The third-order valence-electron chi connectivity index (χ3n) is 8.75. The zero-order valence-corrected chi connectivity index (χ0v) is 26.3. The number of likely N-dealkylation sites (tertiary alicyclic amines) is 2. The van der Waals surface area contributed by atoms with Gasteiger partial charge in [-0.1, -0.05) is 11.8 Å². The van der Waals surface area contributed by atoms with E-state index in [0.29, 0.717) is 17.3 Å². The topological polar surface area (TPSA) is 106 Å². The molecule has 2 saturated heterocycles. The molecule has 2 aliphatic rings. The van der Waals surface area contributed by atoms with Crippen LogP contribution in [0.5, 0.6) is 11.5 Å². The molecular formula is C36H36F2N6O3. The van der Waals surface area contributed by atoms with Gasteiger partial charge >= 0.3 is 0 Å². The third-order valence-corrected chi connectivity index (χ3v) is 8.75. The van der Waals surface area contributed by atoms with Gasteiger partial charge in [0.15, 0.2) is 11.6 Å². The quantitative estimate of drug-likeness (QED) is 0.260. The Morgan fingerprint density at radius 2 is 1.81 bits per heavy atom. The van der Waals surface area contributed by atoms with Gasteiger partial charge in [-0.05, 0) is 94.7 Å². The summed E-state index contributed by atoms with van der Waals surface area (Å²) in [5.41, 5.74) is 5.86. The number of hydrogen-bond acceptors (Lipinski definition) is 7. The standard InChI is InChI=1S/C36H36F2N6O3/c1-36(2,43-21-15-27(23-43)42-18-3-4-19-42)16-13-28-31(14-17-40-33(28)39)47-32-12-9-25(22-30(32)38)41-34(45)29-6-5-20-44(35(29)46)26-10-7-24(37)8-11-26/h5-12,14,17,20,22,27H,3-4,15,18-19,21,23H2,1-2H3,(H2,39,40)(H,41,45)/t27-/m0/s1. The van der Waals surface area contributed by atoms with Crippen molar-refractivity contribution in [3.05, 3.63) is 106 Å². The smallest absolute Gasteiger partial charge is 0.267 e. The minimum Gasteiger partial charge on any atom is -0.453 e. The fourth-order valence-corrected chi connectivity index (χ4v) is 6.07. The first kappa shape index (κ1) is 31.9.